The summed E-state index contributed by atoms with van der Waals surface area (Å²) in [7, 11) is 1.76. The maximum atomic E-state index is 13.0. The molecule has 0 radical (unpaired) electrons. The van der Waals surface area contributed by atoms with Crippen molar-refractivity contribution in [3.05, 3.63) is 42.0 Å². The predicted octanol–water partition coefficient (Wildman–Crippen LogP) is 2.04. The lowest BCUT2D eigenvalue weighted by Crippen LogP contribution is -1.91. The molecule has 0 bridgehead atoms. The third kappa shape index (κ3) is 1.79. The van der Waals surface area contributed by atoms with Crippen LogP contribution in [-0.4, -0.2) is 15.8 Å². The third-order valence-electron chi connectivity index (χ3n) is 2.10. The minimum atomic E-state index is -0.317. The highest BCUT2D eigenvalue weighted by Gasteiger charge is 2.07. The van der Waals surface area contributed by atoms with Gasteiger partial charge in [-0.2, -0.15) is 0 Å². The summed E-state index contributed by atoms with van der Waals surface area (Å²) >= 11 is 0. The van der Waals surface area contributed by atoms with Crippen LogP contribution in [0.25, 0.3) is 11.4 Å². The second-order valence-electron chi connectivity index (χ2n) is 3.23. The molecule has 1 aromatic carbocycles. The van der Waals surface area contributed by atoms with Gasteiger partial charge >= 0.3 is 0 Å². The number of carbonyl (C=O) groups is 1. The first-order valence-electron chi connectivity index (χ1n) is 4.45. The van der Waals surface area contributed by atoms with E-state index in [-0.39, 0.29) is 5.82 Å². The number of halogens is 1. The minimum absolute atomic E-state index is 0.317. The molecule has 15 heavy (non-hydrogen) atoms. The monoisotopic (exact) mass is 204 g/mol. The van der Waals surface area contributed by atoms with Gasteiger partial charge in [0.1, 0.15) is 17.3 Å². The van der Waals surface area contributed by atoms with Crippen molar-refractivity contribution in [2.75, 3.05) is 0 Å². The molecule has 1 aromatic heterocycles. The molecule has 0 saturated heterocycles. The van der Waals surface area contributed by atoms with Gasteiger partial charge in [0, 0.05) is 18.8 Å². The van der Waals surface area contributed by atoms with Crippen molar-refractivity contribution in [1.82, 2.24) is 9.55 Å². The molecule has 0 aliphatic carbocycles. The standard InChI is InChI=1S/C11H9FN2O/c1-14-6-10(7-15)13-11(14)8-3-2-4-9(12)5-8/h2-7H,1H3. The van der Waals surface area contributed by atoms with E-state index in [9.17, 15) is 9.18 Å². The van der Waals surface area contributed by atoms with Crippen LogP contribution in [-0.2, 0) is 7.05 Å². The van der Waals surface area contributed by atoms with E-state index in [2.05, 4.69) is 4.98 Å². The van der Waals surface area contributed by atoms with Crippen LogP contribution in [0.1, 0.15) is 10.5 Å². The van der Waals surface area contributed by atoms with Crippen LogP contribution in [0.2, 0.25) is 0 Å². The van der Waals surface area contributed by atoms with Crippen molar-refractivity contribution >= 4 is 6.29 Å². The Labute approximate surface area is 86.2 Å². The summed E-state index contributed by atoms with van der Waals surface area (Å²) < 4.78 is 14.7. The Balaban J connectivity index is 2.53. The van der Waals surface area contributed by atoms with Gasteiger partial charge in [0.2, 0.25) is 0 Å². The zero-order valence-corrected chi connectivity index (χ0v) is 8.14. The Morgan fingerprint density at radius 3 is 2.87 bits per heavy atom. The molecule has 0 aliphatic rings. The van der Waals surface area contributed by atoms with Crippen molar-refractivity contribution in [2.45, 2.75) is 0 Å². The van der Waals surface area contributed by atoms with E-state index in [1.165, 1.54) is 12.1 Å². The Morgan fingerprint density at radius 1 is 1.47 bits per heavy atom. The quantitative estimate of drug-likeness (QED) is 0.701. The maximum Gasteiger partial charge on any atom is 0.170 e. The number of carbonyl (C=O) groups excluding carboxylic acids is 1. The van der Waals surface area contributed by atoms with E-state index >= 15 is 0 Å². The van der Waals surface area contributed by atoms with E-state index in [1.54, 1.807) is 29.9 Å². The molecule has 0 amide bonds. The number of aldehydes is 1. The van der Waals surface area contributed by atoms with Gasteiger partial charge in [0.05, 0.1) is 0 Å². The first-order valence-corrected chi connectivity index (χ1v) is 4.45. The number of aromatic nitrogens is 2. The van der Waals surface area contributed by atoms with Crippen LogP contribution in [0.5, 0.6) is 0 Å². The Hall–Kier alpha value is -1.97. The molecule has 0 saturated carbocycles. The smallest absolute Gasteiger partial charge is 0.170 e. The van der Waals surface area contributed by atoms with E-state index in [0.717, 1.165) is 0 Å². The molecule has 0 unspecified atom stereocenters. The molecule has 0 atom stereocenters. The second-order valence-corrected chi connectivity index (χ2v) is 3.23. The summed E-state index contributed by atoms with van der Waals surface area (Å²) in [5.41, 5.74) is 1.00. The Morgan fingerprint density at radius 2 is 2.27 bits per heavy atom. The lowest BCUT2D eigenvalue weighted by Gasteiger charge is -2.00. The van der Waals surface area contributed by atoms with Crippen LogP contribution >= 0.6 is 0 Å². The van der Waals surface area contributed by atoms with E-state index in [0.29, 0.717) is 23.4 Å². The topological polar surface area (TPSA) is 34.9 Å². The first kappa shape index (κ1) is 9.58. The number of imidazole rings is 1. The van der Waals surface area contributed by atoms with Crippen molar-refractivity contribution in [2.24, 2.45) is 7.05 Å². The average Bonchev–Trinajstić information content (AvgIpc) is 2.60. The molecule has 0 fully saturated rings. The van der Waals surface area contributed by atoms with Crippen LogP contribution in [0.15, 0.2) is 30.5 Å². The van der Waals surface area contributed by atoms with Gasteiger partial charge in [-0.15, -0.1) is 0 Å². The molecule has 76 valence electrons. The van der Waals surface area contributed by atoms with Crippen LogP contribution in [0, 0.1) is 5.82 Å². The molecule has 4 heteroatoms. The summed E-state index contributed by atoms with van der Waals surface area (Å²) in [6.45, 7) is 0. The number of rotatable bonds is 2. The van der Waals surface area contributed by atoms with Gasteiger partial charge in [-0.25, -0.2) is 9.37 Å². The lowest BCUT2D eigenvalue weighted by molar-refractivity contribution is 0.111. The molecule has 2 aromatic rings. The van der Waals surface area contributed by atoms with Gasteiger partial charge in [-0.05, 0) is 12.1 Å². The number of nitrogens with zero attached hydrogens (tertiary/aromatic N) is 2. The average molecular weight is 204 g/mol. The first-order chi connectivity index (χ1) is 7.20. The summed E-state index contributed by atoms with van der Waals surface area (Å²) in [6.07, 6.45) is 2.27. The fraction of sp³-hybridized carbons (Fsp3) is 0.0909. The molecule has 0 N–H and O–H groups in total. The van der Waals surface area contributed by atoms with Crippen LogP contribution in [0.4, 0.5) is 4.39 Å². The maximum absolute atomic E-state index is 13.0. The van der Waals surface area contributed by atoms with Gasteiger partial charge in [0.15, 0.2) is 6.29 Å². The number of aryl methyl sites for hydroxylation is 1. The number of benzene rings is 1. The largest absolute Gasteiger partial charge is 0.333 e. The number of hydrogen-bond donors (Lipinski definition) is 0. The van der Waals surface area contributed by atoms with E-state index < -0.39 is 0 Å². The Bertz CT molecular complexity index is 505. The predicted molar refractivity (Wildman–Crippen MR) is 54.0 cm³/mol. The molecule has 0 spiro atoms. The summed E-state index contributed by atoms with van der Waals surface area (Å²) in [5.74, 6) is 0.264. The van der Waals surface area contributed by atoms with Crippen molar-refractivity contribution in [3.8, 4) is 11.4 Å². The molecule has 0 aliphatic heterocycles. The summed E-state index contributed by atoms with van der Waals surface area (Å²) in [5, 5.41) is 0. The summed E-state index contributed by atoms with van der Waals surface area (Å²) in [6, 6.07) is 6.11. The van der Waals surface area contributed by atoms with Crippen molar-refractivity contribution in [3.63, 3.8) is 0 Å². The normalized spacial score (nSPS) is 10.3. The van der Waals surface area contributed by atoms with E-state index in [1.807, 2.05) is 0 Å². The van der Waals surface area contributed by atoms with Gasteiger partial charge in [0.25, 0.3) is 0 Å². The van der Waals surface area contributed by atoms with Gasteiger partial charge in [-0.3, -0.25) is 4.79 Å². The lowest BCUT2D eigenvalue weighted by atomic mass is 10.2. The van der Waals surface area contributed by atoms with Gasteiger partial charge < -0.3 is 4.57 Å². The fourth-order valence-corrected chi connectivity index (χ4v) is 1.44. The summed E-state index contributed by atoms with van der Waals surface area (Å²) in [4.78, 5) is 14.6. The number of hydrogen-bond acceptors (Lipinski definition) is 2. The van der Waals surface area contributed by atoms with Crippen molar-refractivity contribution in [1.29, 1.82) is 0 Å². The molecule has 3 nitrogen and oxygen atoms in total. The van der Waals surface area contributed by atoms with E-state index in [4.69, 9.17) is 0 Å². The Kier molecular flexibility index (Phi) is 2.33. The second kappa shape index (κ2) is 3.65. The van der Waals surface area contributed by atoms with Crippen LogP contribution in [0.3, 0.4) is 0 Å². The SMILES string of the molecule is Cn1cc(C=O)nc1-c1cccc(F)c1. The van der Waals surface area contributed by atoms with Crippen molar-refractivity contribution < 1.29 is 9.18 Å². The zero-order chi connectivity index (χ0) is 10.8. The highest BCUT2D eigenvalue weighted by atomic mass is 19.1. The molecule has 2 rings (SSSR count). The zero-order valence-electron chi connectivity index (χ0n) is 8.14. The molecular formula is C11H9FN2O. The van der Waals surface area contributed by atoms with Crippen LogP contribution < -0.4 is 0 Å². The highest BCUT2D eigenvalue weighted by molar-refractivity contribution is 5.73. The molecule has 1 heterocycles. The molecular weight excluding hydrogens is 195 g/mol. The fourth-order valence-electron chi connectivity index (χ4n) is 1.44. The highest BCUT2D eigenvalue weighted by Crippen LogP contribution is 2.18. The minimum Gasteiger partial charge on any atom is -0.333 e. The van der Waals surface area contributed by atoms with Gasteiger partial charge in [-0.1, -0.05) is 12.1 Å². The third-order valence-corrected chi connectivity index (χ3v) is 2.10.